The number of benzene rings is 1. The quantitative estimate of drug-likeness (QED) is 0.806. The summed E-state index contributed by atoms with van der Waals surface area (Å²) in [4.78, 5) is 25.3. The molecule has 1 aromatic carbocycles. The van der Waals surface area contributed by atoms with Gasteiger partial charge in [-0.05, 0) is 25.5 Å². The molecule has 21 heavy (non-hydrogen) atoms. The summed E-state index contributed by atoms with van der Waals surface area (Å²) in [6, 6.07) is 7.40. The van der Waals surface area contributed by atoms with Gasteiger partial charge < -0.3 is 20.7 Å². The second-order valence-electron chi connectivity index (χ2n) is 5.17. The summed E-state index contributed by atoms with van der Waals surface area (Å²) in [6.45, 7) is 2.83. The molecular weight excluding hydrogens is 270 g/mol. The summed E-state index contributed by atoms with van der Waals surface area (Å²) in [6.07, 6.45) is 1.00. The highest BCUT2D eigenvalue weighted by molar-refractivity contribution is 5.98. The largest absolute Gasteiger partial charge is 0.482 e. The van der Waals surface area contributed by atoms with Crippen LogP contribution in [0.5, 0.6) is 5.75 Å². The van der Waals surface area contributed by atoms with Crippen LogP contribution in [0.25, 0.3) is 0 Å². The van der Waals surface area contributed by atoms with Crippen LogP contribution in [-0.2, 0) is 9.59 Å². The molecule has 3 N–H and O–H groups in total. The lowest BCUT2D eigenvalue weighted by molar-refractivity contribution is -0.122. The van der Waals surface area contributed by atoms with Gasteiger partial charge in [-0.25, -0.2) is 0 Å². The fraction of sp³-hybridized carbons (Fsp3) is 0.467. The van der Waals surface area contributed by atoms with Crippen molar-refractivity contribution in [3.8, 4) is 5.75 Å². The van der Waals surface area contributed by atoms with E-state index < -0.39 is 0 Å². The minimum atomic E-state index is -0.128. The van der Waals surface area contributed by atoms with Crippen molar-refractivity contribution in [1.82, 2.24) is 5.32 Å². The minimum Gasteiger partial charge on any atom is -0.482 e. The van der Waals surface area contributed by atoms with E-state index in [0.29, 0.717) is 18.8 Å². The molecule has 1 heterocycles. The van der Waals surface area contributed by atoms with Crippen molar-refractivity contribution in [2.45, 2.75) is 25.8 Å². The summed E-state index contributed by atoms with van der Waals surface area (Å²) in [5.41, 5.74) is 6.34. The van der Waals surface area contributed by atoms with Crippen molar-refractivity contribution in [2.24, 2.45) is 5.73 Å². The lowest BCUT2D eigenvalue weighted by Crippen LogP contribution is -2.41. The monoisotopic (exact) mass is 291 g/mol. The van der Waals surface area contributed by atoms with Gasteiger partial charge in [0.1, 0.15) is 5.75 Å². The Morgan fingerprint density at radius 2 is 2.24 bits per heavy atom. The maximum atomic E-state index is 11.9. The molecule has 2 amide bonds. The molecule has 0 aromatic heterocycles. The predicted octanol–water partition coefficient (Wildman–Crippen LogP) is 0.656. The van der Waals surface area contributed by atoms with E-state index in [9.17, 15) is 9.59 Å². The Hall–Kier alpha value is -2.08. The number of ether oxygens (including phenoxy) is 1. The molecule has 0 spiro atoms. The molecule has 1 aliphatic heterocycles. The van der Waals surface area contributed by atoms with Crippen molar-refractivity contribution in [3.63, 3.8) is 0 Å². The third-order valence-corrected chi connectivity index (χ3v) is 3.29. The van der Waals surface area contributed by atoms with Crippen LogP contribution in [0.2, 0.25) is 0 Å². The molecule has 0 saturated heterocycles. The maximum Gasteiger partial charge on any atom is 0.265 e. The van der Waals surface area contributed by atoms with Gasteiger partial charge in [0.2, 0.25) is 5.91 Å². The van der Waals surface area contributed by atoms with E-state index >= 15 is 0 Å². The van der Waals surface area contributed by atoms with E-state index in [-0.39, 0.29) is 30.9 Å². The highest BCUT2D eigenvalue weighted by Gasteiger charge is 2.25. The van der Waals surface area contributed by atoms with E-state index in [1.165, 1.54) is 0 Å². The standard InChI is InChI=1S/C15H21N3O3/c1-11(16)6-8-17-14(19)7-9-18-12-4-2-3-5-13(12)21-10-15(18)20/h2-5,11H,6-10,16H2,1H3,(H,17,19). The van der Waals surface area contributed by atoms with Crippen LogP contribution in [0.3, 0.4) is 0 Å². The van der Waals surface area contributed by atoms with Crippen molar-refractivity contribution in [3.05, 3.63) is 24.3 Å². The van der Waals surface area contributed by atoms with Crippen molar-refractivity contribution in [2.75, 3.05) is 24.6 Å². The third-order valence-electron chi connectivity index (χ3n) is 3.29. The fourth-order valence-corrected chi connectivity index (χ4v) is 2.14. The molecule has 1 aliphatic rings. The van der Waals surface area contributed by atoms with Crippen LogP contribution in [0.1, 0.15) is 19.8 Å². The molecule has 1 unspecified atom stereocenters. The van der Waals surface area contributed by atoms with Gasteiger partial charge >= 0.3 is 0 Å². The highest BCUT2D eigenvalue weighted by atomic mass is 16.5. The first-order valence-electron chi connectivity index (χ1n) is 7.12. The van der Waals surface area contributed by atoms with E-state index in [0.717, 1.165) is 12.1 Å². The molecule has 1 atom stereocenters. The molecule has 1 aromatic rings. The van der Waals surface area contributed by atoms with Crippen LogP contribution in [0.15, 0.2) is 24.3 Å². The molecular formula is C15H21N3O3. The number of para-hydroxylation sites is 2. The number of hydrogen-bond donors (Lipinski definition) is 2. The molecule has 114 valence electrons. The average Bonchev–Trinajstić information content (AvgIpc) is 2.46. The number of nitrogens with one attached hydrogen (secondary N) is 1. The van der Waals surface area contributed by atoms with Crippen LogP contribution < -0.4 is 20.7 Å². The number of amides is 2. The Morgan fingerprint density at radius 3 is 3.00 bits per heavy atom. The Morgan fingerprint density at radius 1 is 1.48 bits per heavy atom. The normalized spacial score (nSPS) is 15.1. The van der Waals surface area contributed by atoms with Crippen LogP contribution >= 0.6 is 0 Å². The molecule has 0 saturated carbocycles. The summed E-state index contributed by atoms with van der Waals surface area (Å²) in [7, 11) is 0. The van der Waals surface area contributed by atoms with E-state index in [2.05, 4.69) is 5.32 Å². The Bertz CT molecular complexity index is 517. The van der Waals surface area contributed by atoms with Gasteiger partial charge in [0.15, 0.2) is 6.61 Å². The number of nitrogens with zero attached hydrogens (tertiary/aromatic N) is 1. The number of fused-ring (bicyclic) bond motifs is 1. The van der Waals surface area contributed by atoms with Gasteiger partial charge in [0.25, 0.3) is 5.91 Å². The third kappa shape index (κ3) is 4.19. The zero-order valence-corrected chi connectivity index (χ0v) is 12.2. The first kappa shape index (κ1) is 15.3. The Kier molecular flexibility index (Phi) is 5.16. The van der Waals surface area contributed by atoms with Gasteiger partial charge in [-0.15, -0.1) is 0 Å². The first-order chi connectivity index (χ1) is 10.1. The SMILES string of the molecule is CC(N)CCNC(=O)CCN1C(=O)COc2ccccc21. The van der Waals surface area contributed by atoms with Crippen molar-refractivity contribution in [1.29, 1.82) is 0 Å². The minimum absolute atomic E-state index is 0.0172. The molecule has 0 radical (unpaired) electrons. The van der Waals surface area contributed by atoms with Gasteiger partial charge in [-0.2, -0.15) is 0 Å². The summed E-state index contributed by atoms with van der Waals surface area (Å²) in [5.74, 6) is 0.471. The molecule has 0 bridgehead atoms. The number of rotatable bonds is 6. The first-order valence-corrected chi connectivity index (χ1v) is 7.12. The van der Waals surface area contributed by atoms with E-state index in [1.54, 1.807) is 4.90 Å². The number of anilines is 1. The average molecular weight is 291 g/mol. The van der Waals surface area contributed by atoms with Gasteiger partial charge in [0.05, 0.1) is 5.69 Å². The lowest BCUT2D eigenvalue weighted by atomic mass is 10.2. The summed E-state index contributed by atoms with van der Waals surface area (Å²) in [5, 5.41) is 2.80. The zero-order chi connectivity index (χ0) is 15.2. The van der Waals surface area contributed by atoms with Crippen LogP contribution in [0, 0.1) is 0 Å². The summed E-state index contributed by atoms with van der Waals surface area (Å²) < 4.78 is 5.36. The smallest absolute Gasteiger partial charge is 0.265 e. The lowest BCUT2D eigenvalue weighted by Gasteiger charge is -2.29. The molecule has 0 aliphatic carbocycles. The van der Waals surface area contributed by atoms with E-state index in [1.807, 2.05) is 31.2 Å². The van der Waals surface area contributed by atoms with Gasteiger partial charge in [-0.1, -0.05) is 12.1 Å². The summed E-state index contributed by atoms with van der Waals surface area (Å²) >= 11 is 0. The predicted molar refractivity (Wildman–Crippen MR) is 80.2 cm³/mol. The molecule has 6 heteroatoms. The van der Waals surface area contributed by atoms with Crippen molar-refractivity contribution < 1.29 is 14.3 Å². The topological polar surface area (TPSA) is 84.7 Å². The van der Waals surface area contributed by atoms with Crippen molar-refractivity contribution >= 4 is 17.5 Å². The number of hydrogen-bond acceptors (Lipinski definition) is 4. The molecule has 0 fully saturated rings. The Balaban J connectivity index is 1.88. The zero-order valence-electron chi connectivity index (χ0n) is 12.2. The molecule has 6 nitrogen and oxygen atoms in total. The Labute approximate surface area is 124 Å². The second kappa shape index (κ2) is 7.08. The number of carbonyl (C=O) groups excluding carboxylic acids is 2. The van der Waals surface area contributed by atoms with Crippen LogP contribution in [-0.4, -0.2) is 37.6 Å². The van der Waals surface area contributed by atoms with Gasteiger partial charge in [0, 0.05) is 25.6 Å². The van der Waals surface area contributed by atoms with Gasteiger partial charge in [-0.3, -0.25) is 9.59 Å². The second-order valence-corrected chi connectivity index (χ2v) is 5.17. The highest BCUT2D eigenvalue weighted by Crippen LogP contribution is 2.31. The number of carbonyl (C=O) groups is 2. The maximum absolute atomic E-state index is 11.9. The fourth-order valence-electron chi connectivity index (χ4n) is 2.14. The van der Waals surface area contributed by atoms with E-state index in [4.69, 9.17) is 10.5 Å². The molecule has 2 rings (SSSR count). The van der Waals surface area contributed by atoms with Crippen LogP contribution in [0.4, 0.5) is 5.69 Å². The number of nitrogens with two attached hydrogens (primary N) is 1.